The molecule has 0 fully saturated rings. The van der Waals surface area contributed by atoms with E-state index in [1.54, 1.807) is 0 Å². The van der Waals surface area contributed by atoms with Crippen molar-refractivity contribution >= 4 is 39.8 Å². The van der Waals surface area contributed by atoms with Gasteiger partial charge in [0.1, 0.15) is 12.4 Å². The van der Waals surface area contributed by atoms with Crippen LogP contribution in [0.1, 0.15) is 0 Å². The van der Waals surface area contributed by atoms with Crippen molar-refractivity contribution in [2.45, 2.75) is 0 Å². The largest absolute Gasteiger partial charge is 0.494 e. The smallest absolute Gasteiger partial charge is 0.313 e. The first-order chi connectivity index (χ1) is 16.8. The first-order valence-electron chi connectivity index (χ1n) is 10.8. The number of nitrogens with one attached hydrogen (secondary N) is 1. The zero-order valence-corrected chi connectivity index (χ0v) is 20.5. The average molecular weight is 497 g/mol. The lowest BCUT2D eigenvalue weighted by atomic mass is 10.1. The van der Waals surface area contributed by atoms with Gasteiger partial charge < -0.3 is 24.3 Å². The molecule has 2 aromatic carbocycles. The lowest BCUT2D eigenvalue weighted by Crippen LogP contribution is -2.19. The predicted octanol–water partition coefficient (Wildman–Crippen LogP) is 4.89. The summed E-state index contributed by atoms with van der Waals surface area (Å²) in [5, 5.41) is 16.1. The molecule has 11 heteroatoms. The molecule has 0 atom stereocenters. The van der Waals surface area contributed by atoms with Crippen LogP contribution in [0.4, 0.5) is 17.3 Å². The summed E-state index contributed by atoms with van der Waals surface area (Å²) < 4.78 is 13.1. The van der Waals surface area contributed by atoms with Crippen LogP contribution in [-0.2, 0) is 7.05 Å². The van der Waals surface area contributed by atoms with Crippen LogP contribution in [0.25, 0.3) is 22.2 Å². The molecule has 35 heavy (non-hydrogen) atoms. The van der Waals surface area contributed by atoms with Gasteiger partial charge >= 0.3 is 5.69 Å². The molecule has 0 aliphatic carbocycles. The Labute approximate surface area is 207 Å². The summed E-state index contributed by atoms with van der Waals surface area (Å²) in [5.74, 6) is 0.680. The standard InChI is InChI=1S/C24H25ClN6O4/c1-29(2)9-10-35-22-12-21(34-4)18(11-20(22)31(32)33)27-24-26-13-17(25)23(28-24)16-14-30(3)19-8-6-5-7-15(16)19/h5-8,11-14H,9-10H2,1-4H3,(H,26,27,28). The third-order valence-corrected chi connectivity index (χ3v) is 5.69. The van der Waals surface area contributed by atoms with E-state index in [0.29, 0.717) is 35.3 Å². The number of nitro benzene ring substituents is 1. The molecule has 4 aromatic rings. The van der Waals surface area contributed by atoms with Crippen LogP contribution in [0.5, 0.6) is 11.5 Å². The number of anilines is 2. The second kappa shape index (κ2) is 10.2. The summed E-state index contributed by atoms with van der Waals surface area (Å²) in [4.78, 5) is 22.0. The fraction of sp³-hybridized carbons (Fsp3) is 0.250. The van der Waals surface area contributed by atoms with E-state index in [2.05, 4.69) is 15.3 Å². The number of nitro groups is 1. The summed E-state index contributed by atoms with van der Waals surface area (Å²) in [6, 6.07) is 10.8. The lowest BCUT2D eigenvalue weighted by molar-refractivity contribution is -0.385. The fourth-order valence-electron chi connectivity index (χ4n) is 3.68. The van der Waals surface area contributed by atoms with Gasteiger partial charge in [-0.15, -0.1) is 0 Å². The van der Waals surface area contributed by atoms with Crippen molar-refractivity contribution in [1.82, 2.24) is 19.4 Å². The number of methoxy groups -OCH3 is 1. The maximum atomic E-state index is 11.7. The Balaban J connectivity index is 1.71. The van der Waals surface area contributed by atoms with Gasteiger partial charge in [0.25, 0.3) is 0 Å². The predicted molar refractivity (Wildman–Crippen MR) is 136 cm³/mol. The van der Waals surface area contributed by atoms with Gasteiger partial charge in [0.15, 0.2) is 0 Å². The molecule has 10 nitrogen and oxygen atoms in total. The molecular weight excluding hydrogens is 472 g/mol. The van der Waals surface area contributed by atoms with Gasteiger partial charge in [-0.3, -0.25) is 10.1 Å². The molecule has 1 N–H and O–H groups in total. The first-order valence-corrected chi connectivity index (χ1v) is 11.1. The number of ether oxygens (including phenoxy) is 2. The molecule has 2 aromatic heterocycles. The Hall–Kier alpha value is -3.89. The molecule has 0 saturated heterocycles. The number of hydrogen-bond acceptors (Lipinski definition) is 8. The molecule has 0 bridgehead atoms. The molecule has 0 saturated carbocycles. The molecule has 0 radical (unpaired) electrons. The molecule has 0 amide bonds. The van der Waals surface area contributed by atoms with Gasteiger partial charge in [-0.05, 0) is 20.2 Å². The monoisotopic (exact) mass is 496 g/mol. The van der Waals surface area contributed by atoms with Crippen LogP contribution in [0, 0.1) is 10.1 Å². The number of para-hydroxylation sites is 1. The van der Waals surface area contributed by atoms with E-state index in [-0.39, 0.29) is 17.4 Å². The van der Waals surface area contributed by atoms with Crippen LogP contribution >= 0.6 is 11.6 Å². The minimum Gasteiger partial charge on any atom is -0.494 e. The normalized spacial score (nSPS) is 11.1. The van der Waals surface area contributed by atoms with Gasteiger partial charge in [0.2, 0.25) is 11.7 Å². The number of aryl methyl sites for hydroxylation is 1. The van der Waals surface area contributed by atoms with Gasteiger partial charge in [-0.2, -0.15) is 0 Å². The SMILES string of the molecule is COc1cc(OCCN(C)C)c([N+](=O)[O-])cc1Nc1ncc(Cl)c(-c2cn(C)c3ccccc23)n1. The highest BCUT2D eigenvalue weighted by molar-refractivity contribution is 6.33. The number of hydrogen-bond donors (Lipinski definition) is 1. The topological polar surface area (TPSA) is 108 Å². The number of nitrogens with zero attached hydrogens (tertiary/aromatic N) is 5. The molecule has 0 spiro atoms. The van der Waals surface area contributed by atoms with Crippen LogP contribution in [-0.4, -0.2) is 58.7 Å². The summed E-state index contributed by atoms with van der Waals surface area (Å²) in [5.41, 5.74) is 2.55. The summed E-state index contributed by atoms with van der Waals surface area (Å²) >= 11 is 6.46. The molecule has 0 aliphatic rings. The second-order valence-corrected chi connectivity index (χ2v) is 8.52. The third-order valence-electron chi connectivity index (χ3n) is 5.42. The van der Waals surface area contributed by atoms with Crippen molar-refractivity contribution < 1.29 is 14.4 Å². The van der Waals surface area contributed by atoms with E-state index in [4.69, 9.17) is 21.1 Å². The Kier molecular flexibility index (Phi) is 7.04. The van der Waals surface area contributed by atoms with Crippen LogP contribution < -0.4 is 14.8 Å². The molecule has 2 heterocycles. The van der Waals surface area contributed by atoms with Crippen LogP contribution in [0.2, 0.25) is 5.02 Å². The summed E-state index contributed by atoms with van der Waals surface area (Å²) in [7, 11) is 7.21. The third kappa shape index (κ3) is 5.13. The van der Waals surface area contributed by atoms with Crippen molar-refractivity contribution in [3.05, 3.63) is 63.9 Å². The Morgan fingerprint density at radius 1 is 1.23 bits per heavy atom. The number of likely N-dealkylation sites (N-methyl/N-ethyl adjacent to an activating group) is 1. The van der Waals surface area contributed by atoms with Gasteiger partial charge in [0.05, 0.1) is 34.6 Å². The van der Waals surface area contributed by atoms with Crippen molar-refractivity contribution in [3.63, 3.8) is 0 Å². The number of halogens is 1. The molecule has 182 valence electrons. The van der Waals surface area contributed by atoms with Crippen molar-refractivity contribution in [2.75, 3.05) is 39.7 Å². The summed E-state index contributed by atoms with van der Waals surface area (Å²) in [6.07, 6.45) is 3.45. The maximum absolute atomic E-state index is 11.7. The molecule has 0 aliphatic heterocycles. The van der Waals surface area contributed by atoms with Gasteiger partial charge in [-0.1, -0.05) is 29.8 Å². The van der Waals surface area contributed by atoms with Crippen molar-refractivity contribution in [2.24, 2.45) is 7.05 Å². The van der Waals surface area contributed by atoms with E-state index >= 15 is 0 Å². The second-order valence-electron chi connectivity index (χ2n) is 8.12. The molecular formula is C24H25ClN6O4. The highest BCUT2D eigenvalue weighted by atomic mass is 35.5. The number of aromatic nitrogens is 3. The zero-order valence-electron chi connectivity index (χ0n) is 19.8. The maximum Gasteiger partial charge on any atom is 0.313 e. The van der Waals surface area contributed by atoms with E-state index in [1.807, 2.05) is 61.1 Å². The van der Waals surface area contributed by atoms with E-state index in [9.17, 15) is 10.1 Å². The zero-order chi connectivity index (χ0) is 25.1. The molecule has 0 unspecified atom stereocenters. The average Bonchev–Trinajstić information content (AvgIpc) is 3.16. The highest BCUT2D eigenvalue weighted by Gasteiger charge is 2.22. The van der Waals surface area contributed by atoms with E-state index in [0.717, 1.165) is 16.5 Å². The van der Waals surface area contributed by atoms with Crippen molar-refractivity contribution in [3.8, 4) is 22.8 Å². The van der Waals surface area contributed by atoms with Gasteiger partial charge in [-0.25, -0.2) is 9.97 Å². The van der Waals surface area contributed by atoms with E-state index in [1.165, 1.54) is 25.4 Å². The minimum atomic E-state index is -0.500. The fourth-order valence-corrected chi connectivity index (χ4v) is 3.87. The van der Waals surface area contributed by atoms with Crippen molar-refractivity contribution in [1.29, 1.82) is 0 Å². The first kappa shape index (κ1) is 24.2. The van der Waals surface area contributed by atoms with Gasteiger partial charge in [0, 0.05) is 48.4 Å². The minimum absolute atomic E-state index is 0.118. The number of fused-ring (bicyclic) bond motifs is 1. The molecule has 4 rings (SSSR count). The summed E-state index contributed by atoms with van der Waals surface area (Å²) in [6.45, 7) is 0.896. The Morgan fingerprint density at radius 3 is 2.71 bits per heavy atom. The van der Waals surface area contributed by atoms with Crippen LogP contribution in [0.15, 0.2) is 48.8 Å². The highest BCUT2D eigenvalue weighted by Crippen LogP contribution is 2.39. The number of benzene rings is 2. The number of rotatable bonds is 9. The van der Waals surface area contributed by atoms with E-state index < -0.39 is 4.92 Å². The van der Waals surface area contributed by atoms with Crippen LogP contribution in [0.3, 0.4) is 0 Å². The Bertz CT molecular complexity index is 1390. The Morgan fingerprint density at radius 2 is 2.00 bits per heavy atom. The lowest BCUT2D eigenvalue weighted by Gasteiger charge is -2.15. The quantitative estimate of drug-likeness (QED) is 0.258.